The first-order valence-electron chi connectivity index (χ1n) is 13.1. The molecule has 0 bridgehead atoms. The van der Waals surface area contributed by atoms with Crippen LogP contribution in [0.1, 0.15) is 26.3 Å². The summed E-state index contributed by atoms with van der Waals surface area (Å²) in [6.45, 7) is 11.8. The maximum absolute atomic E-state index is 13.3. The first-order chi connectivity index (χ1) is 18.2. The first kappa shape index (κ1) is 27.3. The van der Waals surface area contributed by atoms with Crippen molar-refractivity contribution in [2.45, 2.75) is 33.2 Å². The van der Waals surface area contributed by atoms with E-state index in [0.717, 1.165) is 35.6 Å². The Balaban J connectivity index is 1.53. The van der Waals surface area contributed by atoms with Gasteiger partial charge in [-0.25, -0.2) is 9.78 Å². The Morgan fingerprint density at radius 2 is 1.71 bits per heavy atom. The lowest BCUT2D eigenvalue weighted by Crippen LogP contribution is -2.52. The fraction of sp³-hybridized carbons (Fsp3) is 0.414. The van der Waals surface area contributed by atoms with Gasteiger partial charge >= 0.3 is 6.03 Å². The molecular formula is C29H38N6O3. The Labute approximate surface area is 224 Å². The first-order valence-corrected chi connectivity index (χ1v) is 13.1. The maximum atomic E-state index is 13.3. The van der Waals surface area contributed by atoms with Crippen molar-refractivity contribution < 1.29 is 14.3 Å². The van der Waals surface area contributed by atoms with Gasteiger partial charge in [-0.1, -0.05) is 48.0 Å². The quantitative estimate of drug-likeness (QED) is 0.472. The van der Waals surface area contributed by atoms with Gasteiger partial charge in [0.1, 0.15) is 6.54 Å². The molecule has 1 aliphatic heterocycles. The molecule has 2 aromatic carbocycles. The molecule has 0 spiro atoms. The van der Waals surface area contributed by atoms with Crippen LogP contribution in [0.4, 0.5) is 10.7 Å². The molecule has 3 amide bonds. The number of hydrogen-bond donors (Lipinski definition) is 2. The normalized spacial score (nSPS) is 14.2. The summed E-state index contributed by atoms with van der Waals surface area (Å²) in [6.07, 6.45) is 1.91. The zero-order valence-electron chi connectivity index (χ0n) is 22.7. The van der Waals surface area contributed by atoms with Crippen molar-refractivity contribution in [2.75, 3.05) is 51.3 Å². The predicted molar refractivity (Wildman–Crippen MR) is 149 cm³/mol. The van der Waals surface area contributed by atoms with Crippen LogP contribution in [0.3, 0.4) is 0 Å². The molecule has 0 unspecified atom stereocenters. The summed E-state index contributed by atoms with van der Waals surface area (Å²) in [5.41, 5.74) is 3.30. The lowest BCUT2D eigenvalue weighted by Gasteiger charge is -2.31. The standard InChI is InChI=1S/C29H38N6O3/c1-22-10-12-24(13-11-22)35-20-25(23-8-6-5-7-9-23)30-27(35)31-26(36)21-34(28(37)32-29(2,3)4)15-14-33-16-18-38-19-17-33/h5-13,20H,14-19,21H2,1-4H3,(H,32,37)(H,30,31,36). The summed E-state index contributed by atoms with van der Waals surface area (Å²) in [5.74, 6) is 0.0941. The van der Waals surface area contributed by atoms with Gasteiger partial charge < -0.3 is 15.0 Å². The number of ether oxygens (including phenoxy) is 1. The van der Waals surface area contributed by atoms with Crippen molar-refractivity contribution >= 4 is 17.9 Å². The molecule has 1 fully saturated rings. The molecule has 38 heavy (non-hydrogen) atoms. The Hall–Kier alpha value is -3.69. The van der Waals surface area contributed by atoms with Gasteiger partial charge in [-0.05, 0) is 39.8 Å². The monoisotopic (exact) mass is 518 g/mol. The van der Waals surface area contributed by atoms with E-state index < -0.39 is 5.54 Å². The number of anilines is 1. The molecule has 0 aliphatic carbocycles. The molecule has 2 N–H and O–H groups in total. The zero-order chi connectivity index (χ0) is 27.1. The molecule has 202 valence electrons. The van der Waals surface area contributed by atoms with Crippen LogP contribution in [0.25, 0.3) is 16.9 Å². The Bertz CT molecular complexity index is 1210. The highest BCUT2D eigenvalue weighted by Gasteiger charge is 2.24. The van der Waals surface area contributed by atoms with Crippen LogP contribution in [0, 0.1) is 6.92 Å². The highest BCUT2D eigenvalue weighted by Crippen LogP contribution is 2.24. The molecule has 1 aliphatic rings. The number of imidazole rings is 1. The molecule has 3 aromatic rings. The van der Waals surface area contributed by atoms with Gasteiger partial charge in [0.25, 0.3) is 0 Å². The average molecular weight is 519 g/mol. The van der Waals surface area contributed by atoms with E-state index in [2.05, 4.69) is 15.5 Å². The zero-order valence-corrected chi connectivity index (χ0v) is 22.7. The van der Waals surface area contributed by atoms with Crippen LogP contribution in [-0.4, -0.2) is 82.8 Å². The fourth-order valence-electron chi connectivity index (χ4n) is 4.20. The van der Waals surface area contributed by atoms with Crippen LogP contribution in [0.5, 0.6) is 0 Å². The lowest BCUT2D eigenvalue weighted by atomic mass is 10.1. The van der Waals surface area contributed by atoms with Gasteiger partial charge in [-0.2, -0.15) is 0 Å². The summed E-state index contributed by atoms with van der Waals surface area (Å²) in [5, 5.41) is 5.94. The Morgan fingerprint density at radius 1 is 1.03 bits per heavy atom. The van der Waals surface area contributed by atoms with Crippen LogP contribution < -0.4 is 10.6 Å². The minimum absolute atomic E-state index is 0.0896. The minimum Gasteiger partial charge on any atom is -0.379 e. The van der Waals surface area contributed by atoms with E-state index in [-0.39, 0.29) is 18.5 Å². The third-order valence-corrected chi connectivity index (χ3v) is 6.23. The minimum atomic E-state index is -0.420. The van der Waals surface area contributed by atoms with Crippen molar-refractivity contribution in [1.82, 2.24) is 24.7 Å². The number of carbonyl (C=O) groups excluding carboxylic acids is 2. The molecule has 2 heterocycles. The van der Waals surface area contributed by atoms with Gasteiger partial charge in [0.15, 0.2) is 0 Å². The van der Waals surface area contributed by atoms with Gasteiger partial charge in [-0.15, -0.1) is 0 Å². The van der Waals surface area contributed by atoms with E-state index in [4.69, 9.17) is 9.72 Å². The van der Waals surface area contributed by atoms with E-state index in [1.807, 2.05) is 93.1 Å². The molecule has 9 heteroatoms. The molecule has 0 atom stereocenters. The average Bonchev–Trinajstić information content (AvgIpc) is 3.30. The van der Waals surface area contributed by atoms with Crippen LogP contribution in [-0.2, 0) is 9.53 Å². The topological polar surface area (TPSA) is 91.7 Å². The van der Waals surface area contributed by atoms with Crippen molar-refractivity contribution in [1.29, 1.82) is 0 Å². The second-order valence-corrected chi connectivity index (χ2v) is 10.6. The van der Waals surface area contributed by atoms with Crippen molar-refractivity contribution in [3.8, 4) is 16.9 Å². The second-order valence-electron chi connectivity index (χ2n) is 10.6. The second kappa shape index (κ2) is 12.2. The summed E-state index contributed by atoms with van der Waals surface area (Å²) in [7, 11) is 0. The van der Waals surface area contributed by atoms with E-state index in [0.29, 0.717) is 32.3 Å². The predicted octanol–water partition coefficient (Wildman–Crippen LogP) is 3.93. The van der Waals surface area contributed by atoms with Crippen molar-refractivity contribution in [3.05, 3.63) is 66.4 Å². The molecule has 4 rings (SSSR count). The number of amides is 3. The molecule has 9 nitrogen and oxygen atoms in total. The van der Waals surface area contributed by atoms with Crippen LogP contribution in [0.15, 0.2) is 60.8 Å². The van der Waals surface area contributed by atoms with Gasteiger partial charge in [0.2, 0.25) is 11.9 Å². The third kappa shape index (κ3) is 7.66. The summed E-state index contributed by atoms with van der Waals surface area (Å²) in [4.78, 5) is 35.0. The van der Waals surface area contributed by atoms with Gasteiger partial charge in [0.05, 0.1) is 18.9 Å². The van der Waals surface area contributed by atoms with Gasteiger partial charge in [-0.3, -0.25) is 19.6 Å². The SMILES string of the molecule is Cc1ccc(-n2cc(-c3ccccc3)nc2NC(=O)CN(CCN2CCOCC2)C(=O)NC(C)(C)C)cc1. The molecular weight excluding hydrogens is 480 g/mol. The molecule has 0 radical (unpaired) electrons. The number of hydrogen-bond acceptors (Lipinski definition) is 5. The van der Waals surface area contributed by atoms with Crippen LogP contribution >= 0.6 is 0 Å². The maximum Gasteiger partial charge on any atom is 0.318 e. The van der Waals surface area contributed by atoms with Crippen LogP contribution in [0.2, 0.25) is 0 Å². The molecule has 1 aromatic heterocycles. The summed E-state index contributed by atoms with van der Waals surface area (Å²) >= 11 is 0. The largest absolute Gasteiger partial charge is 0.379 e. The number of nitrogens with zero attached hydrogens (tertiary/aromatic N) is 4. The van der Waals surface area contributed by atoms with E-state index in [9.17, 15) is 9.59 Å². The van der Waals surface area contributed by atoms with Crippen molar-refractivity contribution in [2.24, 2.45) is 0 Å². The number of nitrogens with one attached hydrogen (secondary N) is 2. The summed E-state index contributed by atoms with van der Waals surface area (Å²) < 4.78 is 7.30. The fourth-order valence-corrected chi connectivity index (χ4v) is 4.20. The highest BCUT2D eigenvalue weighted by atomic mass is 16.5. The van der Waals surface area contributed by atoms with E-state index in [1.54, 1.807) is 4.90 Å². The Morgan fingerprint density at radius 3 is 2.37 bits per heavy atom. The number of benzene rings is 2. The van der Waals surface area contributed by atoms with E-state index >= 15 is 0 Å². The number of urea groups is 1. The molecule has 1 saturated heterocycles. The lowest BCUT2D eigenvalue weighted by molar-refractivity contribution is -0.116. The third-order valence-electron chi connectivity index (χ3n) is 6.23. The number of carbonyl (C=O) groups is 2. The smallest absolute Gasteiger partial charge is 0.318 e. The van der Waals surface area contributed by atoms with E-state index in [1.165, 1.54) is 0 Å². The summed E-state index contributed by atoms with van der Waals surface area (Å²) in [6, 6.07) is 17.6. The van der Waals surface area contributed by atoms with Gasteiger partial charge in [0, 0.05) is 49.2 Å². The van der Waals surface area contributed by atoms with Crippen molar-refractivity contribution in [3.63, 3.8) is 0 Å². The highest BCUT2D eigenvalue weighted by molar-refractivity contribution is 5.93. The number of aryl methyl sites for hydroxylation is 1. The Kier molecular flexibility index (Phi) is 8.81. The number of morpholine rings is 1. The molecule has 0 saturated carbocycles. The number of rotatable bonds is 8. The number of aromatic nitrogens is 2.